The minimum atomic E-state index is 0.838. The van der Waals surface area contributed by atoms with Crippen molar-refractivity contribution < 1.29 is 0 Å². The van der Waals surface area contributed by atoms with Crippen molar-refractivity contribution in [2.75, 3.05) is 12.5 Å². The van der Waals surface area contributed by atoms with E-state index in [2.05, 4.69) is 9.68 Å². The Kier molecular flexibility index (Phi) is 0.907. The van der Waals surface area contributed by atoms with Crippen LogP contribution in [0.3, 0.4) is 0 Å². The maximum absolute atomic E-state index is 3.89. The smallest absolute Gasteiger partial charge is 0.241 e. The number of nitrogens with zero attached hydrogens (tertiary/aromatic N) is 1. The summed E-state index contributed by atoms with van der Waals surface area (Å²) in [6.07, 6.45) is 0. The van der Waals surface area contributed by atoms with Crippen molar-refractivity contribution >= 4 is 11.6 Å². The molecule has 0 aromatic carbocycles. The number of rotatable bonds is 0. The van der Waals surface area contributed by atoms with Gasteiger partial charge in [-0.15, -0.1) is 0 Å². The van der Waals surface area contributed by atoms with Crippen molar-refractivity contribution in [1.29, 1.82) is 0 Å². The molecule has 0 aromatic rings. The molecular weight excluding hydrogens is 84.1 g/mol. The lowest BCUT2D eigenvalue weighted by atomic mass is 11.1. The third kappa shape index (κ3) is 0.629. The topological polar surface area (TPSA) is 24.4 Å². The zero-order chi connectivity index (χ0) is 3.54. The van der Waals surface area contributed by atoms with Crippen LogP contribution in [0.1, 0.15) is 0 Å². The normalized spacial score (nSPS) is 20.8. The first kappa shape index (κ1) is 3.18. The Morgan fingerprint density at radius 1 is 1.80 bits per heavy atom. The van der Waals surface area contributed by atoms with E-state index in [-0.39, 0.29) is 0 Å². The Bertz CT molecular complexity index is 45.6. The fourth-order valence-electron chi connectivity index (χ4n) is 0.228. The van der Waals surface area contributed by atoms with Crippen LogP contribution in [-0.2, 0) is 11.6 Å². The van der Waals surface area contributed by atoms with Gasteiger partial charge in [-0.1, -0.05) is 0 Å². The summed E-state index contributed by atoms with van der Waals surface area (Å²) in [5.41, 5.74) is 0. The summed E-state index contributed by atoms with van der Waals surface area (Å²) in [6.45, 7) is 0.838. The lowest BCUT2D eigenvalue weighted by Crippen LogP contribution is -2.05. The highest BCUT2D eigenvalue weighted by molar-refractivity contribution is 7.68. The average Bonchev–Trinajstić information content (AvgIpc) is 1.76. The SMILES string of the molecule is C1N=[S+]CN1. The highest BCUT2D eigenvalue weighted by Gasteiger charge is 2.00. The van der Waals surface area contributed by atoms with E-state index in [0.29, 0.717) is 0 Å². The second kappa shape index (κ2) is 1.43. The first-order valence-electron chi connectivity index (χ1n) is 1.49. The largest absolute Gasteiger partial charge is 0.329 e. The highest BCUT2D eigenvalue weighted by Crippen LogP contribution is 1.72. The molecule has 2 nitrogen and oxygen atoms in total. The summed E-state index contributed by atoms with van der Waals surface area (Å²) < 4.78 is 3.89. The van der Waals surface area contributed by atoms with Crippen LogP contribution in [0.4, 0.5) is 0 Å². The molecule has 0 fully saturated rings. The lowest BCUT2D eigenvalue weighted by molar-refractivity contribution is 0.853. The number of nitrogens with one attached hydrogen (secondary N) is 1. The average molecular weight is 89.1 g/mol. The van der Waals surface area contributed by atoms with E-state index in [1.54, 1.807) is 11.6 Å². The maximum atomic E-state index is 3.89. The van der Waals surface area contributed by atoms with Crippen molar-refractivity contribution in [2.24, 2.45) is 4.36 Å². The molecule has 1 aliphatic rings. The monoisotopic (exact) mass is 89.0 g/mol. The molecule has 28 valence electrons. The van der Waals surface area contributed by atoms with Crippen molar-refractivity contribution in [2.45, 2.75) is 0 Å². The van der Waals surface area contributed by atoms with Gasteiger partial charge in [0, 0.05) is 0 Å². The van der Waals surface area contributed by atoms with E-state index >= 15 is 0 Å². The van der Waals surface area contributed by atoms with Gasteiger partial charge in [-0.05, 0) is 4.36 Å². The second-order valence-electron chi connectivity index (χ2n) is 0.811. The molecular formula is C2H5N2S+. The van der Waals surface area contributed by atoms with E-state index < -0.39 is 0 Å². The fraction of sp³-hybridized carbons (Fsp3) is 1.00. The van der Waals surface area contributed by atoms with Crippen LogP contribution in [0.15, 0.2) is 4.36 Å². The van der Waals surface area contributed by atoms with E-state index in [1.165, 1.54) is 0 Å². The third-order valence-corrected chi connectivity index (χ3v) is 1.08. The molecule has 1 rings (SSSR count). The molecule has 3 heteroatoms. The van der Waals surface area contributed by atoms with Gasteiger partial charge in [-0.3, -0.25) is 0 Å². The molecule has 0 radical (unpaired) electrons. The second-order valence-corrected chi connectivity index (χ2v) is 1.62. The third-order valence-electron chi connectivity index (χ3n) is 0.434. The molecule has 0 aromatic heterocycles. The molecule has 1 aliphatic heterocycles. The minimum Gasteiger partial charge on any atom is -0.241 e. The van der Waals surface area contributed by atoms with Gasteiger partial charge >= 0.3 is 11.6 Å². The van der Waals surface area contributed by atoms with Gasteiger partial charge in [-0.2, -0.15) is 0 Å². The molecule has 1 N–H and O–H groups in total. The molecule has 0 bridgehead atoms. The van der Waals surface area contributed by atoms with Crippen LogP contribution in [0.5, 0.6) is 0 Å². The summed E-state index contributed by atoms with van der Waals surface area (Å²) >= 11 is 1.59. The van der Waals surface area contributed by atoms with Crippen LogP contribution in [0.25, 0.3) is 0 Å². The molecule has 0 saturated carbocycles. The molecule has 0 saturated heterocycles. The zero-order valence-corrected chi connectivity index (χ0v) is 3.59. The molecule has 1 heterocycles. The van der Waals surface area contributed by atoms with E-state index in [1.807, 2.05) is 0 Å². The van der Waals surface area contributed by atoms with Crippen LogP contribution < -0.4 is 5.32 Å². The fourth-order valence-corrected chi connectivity index (χ4v) is 0.685. The number of hydrogen-bond donors (Lipinski definition) is 1. The first-order chi connectivity index (χ1) is 2.50. The summed E-state index contributed by atoms with van der Waals surface area (Å²) in [7, 11) is 0. The Morgan fingerprint density at radius 2 is 2.80 bits per heavy atom. The van der Waals surface area contributed by atoms with Gasteiger partial charge in [0.1, 0.15) is 0 Å². The zero-order valence-electron chi connectivity index (χ0n) is 2.77. The van der Waals surface area contributed by atoms with E-state index in [0.717, 1.165) is 12.5 Å². The van der Waals surface area contributed by atoms with Gasteiger partial charge in [0.05, 0.1) is 0 Å². The lowest BCUT2D eigenvalue weighted by Gasteiger charge is -1.64. The Balaban J connectivity index is 2.32. The molecule has 0 atom stereocenters. The number of hydrogen-bond acceptors (Lipinski definition) is 2. The molecule has 5 heavy (non-hydrogen) atoms. The predicted molar refractivity (Wildman–Crippen MR) is 22.7 cm³/mol. The summed E-state index contributed by atoms with van der Waals surface area (Å²) in [5, 5.41) is 3.02. The van der Waals surface area contributed by atoms with Crippen molar-refractivity contribution in [3.8, 4) is 0 Å². The first-order valence-corrected chi connectivity index (χ1v) is 2.44. The quantitative estimate of drug-likeness (QED) is 0.407. The van der Waals surface area contributed by atoms with Gasteiger partial charge in [0.25, 0.3) is 5.88 Å². The molecule has 0 unspecified atom stereocenters. The van der Waals surface area contributed by atoms with Crippen LogP contribution in [-0.4, -0.2) is 12.5 Å². The van der Waals surface area contributed by atoms with Gasteiger partial charge in [-0.25, -0.2) is 5.32 Å². The highest BCUT2D eigenvalue weighted by atomic mass is 32.1. The van der Waals surface area contributed by atoms with E-state index in [9.17, 15) is 0 Å². The van der Waals surface area contributed by atoms with Gasteiger partial charge in [0.2, 0.25) is 0 Å². The Morgan fingerprint density at radius 3 is 3.00 bits per heavy atom. The standard InChI is InChI=1S/C2H5N2S/c1-3-2-5-4-1/h3H,1-2H2/q+1. The van der Waals surface area contributed by atoms with Crippen LogP contribution in [0.2, 0.25) is 0 Å². The van der Waals surface area contributed by atoms with Gasteiger partial charge < -0.3 is 0 Å². The summed E-state index contributed by atoms with van der Waals surface area (Å²) in [4.78, 5) is 0. The van der Waals surface area contributed by atoms with Crippen molar-refractivity contribution in [3.63, 3.8) is 0 Å². The maximum Gasteiger partial charge on any atom is 0.329 e. The van der Waals surface area contributed by atoms with Gasteiger partial charge in [0.15, 0.2) is 6.67 Å². The molecule has 0 amide bonds. The molecule has 0 spiro atoms. The van der Waals surface area contributed by atoms with Crippen molar-refractivity contribution in [3.05, 3.63) is 0 Å². The van der Waals surface area contributed by atoms with Crippen LogP contribution in [0, 0.1) is 0 Å². The Labute approximate surface area is 34.7 Å². The van der Waals surface area contributed by atoms with E-state index in [4.69, 9.17) is 0 Å². The van der Waals surface area contributed by atoms with Crippen LogP contribution >= 0.6 is 0 Å². The summed E-state index contributed by atoms with van der Waals surface area (Å²) in [5.74, 6) is 1.00. The molecule has 0 aliphatic carbocycles. The minimum absolute atomic E-state index is 0.838. The van der Waals surface area contributed by atoms with Crippen molar-refractivity contribution in [1.82, 2.24) is 5.32 Å². The predicted octanol–water partition coefficient (Wildman–Crippen LogP) is -0.229. The Hall–Kier alpha value is -0.0200. The summed E-state index contributed by atoms with van der Waals surface area (Å²) in [6, 6.07) is 0.